The Labute approximate surface area is 536 Å². The van der Waals surface area contributed by atoms with Crippen LogP contribution in [0.3, 0.4) is 0 Å². The second-order valence-corrected chi connectivity index (χ2v) is 26.5. The third kappa shape index (κ3) is 12.2. The zero-order valence-corrected chi connectivity index (χ0v) is 52.9. The smallest absolute Gasteiger partial charge is 0.274 e. The molecule has 14 nitrogen and oxygen atoms in total. The highest BCUT2D eigenvalue weighted by Gasteiger charge is 2.33. The van der Waals surface area contributed by atoms with Gasteiger partial charge < -0.3 is 0 Å². The number of pyridine rings is 3. The van der Waals surface area contributed by atoms with Crippen LogP contribution >= 0.6 is 15.9 Å². The Morgan fingerprint density at radius 3 is 1.03 bits per heavy atom. The van der Waals surface area contributed by atoms with Gasteiger partial charge in [0.2, 0.25) is 0 Å². The van der Waals surface area contributed by atoms with Gasteiger partial charge in [0.1, 0.15) is 17.5 Å². The monoisotopic (exact) mass is 1300 g/mol. The highest BCUT2D eigenvalue weighted by Crippen LogP contribution is 2.45. The van der Waals surface area contributed by atoms with Crippen LogP contribution in [0.2, 0.25) is 0 Å². The van der Waals surface area contributed by atoms with E-state index in [1.165, 1.54) is 34.9 Å². The molecule has 18 heteroatoms. The van der Waals surface area contributed by atoms with Gasteiger partial charge in [0, 0.05) is 39.2 Å². The minimum absolute atomic E-state index is 0.0385. The van der Waals surface area contributed by atoms with Crippen LogP contribution in [0.5, 0.6) is 0 Å². The van der Waals surface area contributed by atoms with Crippen LogP contribution in [-0.4, -0.2) is 44.3 Å². The summed E-state index contributed by atoms with van der Waals surface area (Å²) >= 11 is 3.45. The van der Waals surface area contributed by atoms with Crippen LogP contribution in [0.25, 0.3) is 65.4 Å². The summed E-state index contributed by atoms with van der Waals surface area (Å²) in [5, 5.41) is 32.5. The number of halogens is 4. The molecule has 0 radical (unpaired) electrons. The molecule has 0 amide bonds. The summed E-state index contributed by atoms with van der Waals surface area (Å²) in [5.74, 6) is 1.63. The predicted molar refractivity (Wildman–Crippen MR) is 358 cm³/mol. The Balaban J connectivity index is 0.000000126. The zero-order valence-electron chi connectivity index (χ0n) is 51.4. The molecule has 3 fully saturated rings. The number of H-pyrrole nitrogens is 3. The molecule has 466 valence electrons. The number of aromatic nitrogens is 9. The van der Waals surface area contributed by atoms with E-state index in [0.29, 0.717) is 57.4 Å². The molecule has 0 unspecified atom stereocenters. The summed E-state index contributed by atoms with van der Waals surface area (Å²) < 4.78 is 47.6. The molecule has 0 aliphatic heterocycles. The van der Waals surface area contributed by atoms with Crippen molar-refractivity contribution in [2.75, 3.05) is 0 Å². The normalized spacial score (nSPS) is 20.2. The molecule has 12 aromatic rings. The molecule has 6 heterocycles. The van der Waals surface area contributed by atoms with Crippen molar-refractivity contribution in [1.29, 1.82) is 10.5 Å². The van der Waals surface area contributed by atoms with Gasteiger partial charge in [0.15, 0.2) is 0 Å². The SMILES string of the molecule is C[C@H](C1CCC(c2ccnc3ccc(F)cc23)CC1)n1[nH]c2ccc(Br)cc2c1=O.C[C@H](C1CCC(c2ccnc3ccc(F)cc23)CC1)n1[nH]c2ccc(C#N)cc2c1=O.C[C@H](C1CCC(c2ccnc3ccc(F)cc23)CC1)n1[nH]c2ccc(C#N)cc2c1=O. The molecule has 15 rings (SSSR count). The van der Waals surface area contributed by atoms with E-state index in [9.17, 15) is 27.6 Å². The van der Waals surface area contributed by atoms with Gasteiger partial charge in [-0.25, -0.2) is 27.2 Å². The van der Waals surface area contributed by atoms with Crippen molar-refractivity contribution >= 4 is 81.3 Å². The van der Waals surface area contributed by atoms with Gasteiger partial charge in [-0.1, -0.05) is 15.9 Å². The van der Waals surface area contributed by atoms with Crippen LogP contribution in [0.1, 0.15) is 162 Å². The molecule has 3 aliphatic rings. The second kappa shape index (κ2) is 26.1. The number of fused-ring (bicyclic) bond motifs is 6. The molecular formula is C74H69BrF3N11O3. The van der Waals surface area contributed by atoms with Gasteiger partial charge >= 0.3 is 0 Å². The van der Waals surface area contributed by atoms with Crippen LogP contribution < -0.4 is 16.7 Å². The third-order valence-electron chi connectivity index (χ3n) is 20.5. The van der Waals surface area contributed by atoms with Crippen molar-refractivity contribution < 1.29 is 13.2 Å². The van der Waals surface area contributed by atoms with Gasteiger partial charge in [-0.3, -0.25) is 44.6 Å². The Kier molecular flexibility index (Phi) is 17.4. The lowest BCUT2D eigenvalue weighted by atomic mass is 9.75. The molecule has 0 saturated heterocycles. The number of aromatic amines is 3. The zero-order chi connectivity index (χ0) is 63.9. The number of nitriles is 2. The van der Waals surface area contributed by atoms with Crippen molar-refractivity contribution in [2.45, 2.75) is 134 Å². The quantitative estimate of drug-likeness (QED) is 0.127. The van der Waals surface area contributed by atoms with Crippen molar-refractivity contribution in [3.05, 3.63) is 227 Å². The molecule has 3 aliphatic carbocycles. The van der Waals surface area contributed by atoms with Gasteiger partial charge in [0.25, 0.3) is 16.7 Å². The number of nitrogens with zero attached hydrogens (tertiary/aromatic N) is 8. The Bertz CT molecular complexity index is 4810. The Morgan fingerprint density at radius 2 is 0.717 bits per heavy atom. The van der Waals surface area contributed by atoms with E-state index in [2.05, 4.69) is 79.1 Å². The number of hydrogen-bond donors (Lipinski definition) is 3. The lowest BCUT2D eigenvalue weighted by Gasteiger charge is -2.33. The van der Waals surface area contributed by atoms with Gasteiger partial charge in [0.05, 0.1) is 90.6 Å². The number of benzene rings is 6. The molecule has 92 heavy (non-hydrogen) atoms. The van der Waals surface area contributed by atoms with E-state index in [-0.39, 0.29) is 52.3 Å². The largest absolute Gasteiger partial charge is 0.295 e. The number of nitrogens with one attached hydrogen (secondary N) is 3. The molecule has 6 aromatic heterocycles. The Morgan fingerprint density at radius 1 is 0.413 bits per heavy atom. The number of rotatable bonds is 9. The molecule has 3 atom stereocenters. The van der Waals surface area contributed by atoms with Crippen molar-refractivity contribution in [3.8, 4) is 12.1 Å². The van der Waals surface area contributed by atoms with E-state index in [4.69, 9.17) is 10.5 Å². The summed E-state index contributed by atoms with van der Waals surface area (Å²) in [6.45, 7) is 6.31. The summed E-state index contributed by atoms with van der Waals surface area (Å²) in [7, 11) is 0. The maximum absolute atomic E-state index is 13.8. The fourth-order valence-electron chi connectivity index (χ4n) is 15.2. The topological polar surface area (TPSA) is 200 Å². The fraction of sp³-hybridized carbons (Fsp3) is 0.324. The molecule has 6 aromatic carbocycles. The van der Waals surface area contributed by atoms with Crippen LogP contribution in [0, 0.1) is 57.9 Å². The lowest BCUT2D eigenvalue weighted by Crippen LogP contribution is -2.28. The Hall–Kier alpha value is -9.39. The fourth-order valence-corrected chi connectivity index (χ4v) is 15.6. The standard InChI is InChI=1S/2C25H23FN4O.C24H23BrFN3O/c2*1-15(30-25(31)22-12-16(14-27)2-8-24(22)29-30)17-3-5-18(6-4-17)20-10-11-28-23-9-7-19(26)13-21(20)23;1-14(29-24(30)21-12-17(25)6-8-23(21)28-29)15-2-4-16(5-3-15)19-10-11-27-22-9-7-18(26)13-20(19)22/h2*2,7-13,15,17-18,29H,3-6H2,1H3;6-16,28H,2-5H2,1H3/t2*15-,17?,18?;14-,15?,16?/m111/s1. The first kappa shape index (κ1) is 61.5. The highest BCUT2D eigenvalue weighted by molar-refractivity contribution is 9.10. The average Bonchev–Trinajstić information content (AvgIpc) is 1.78. The first-order chi connectivity index (χ1) is 44.6. The van der Waals surface area contributed by atoms with Crippen LogP contribution in [0.4, 0.5) is 13.2 Å². The minimum Gasteiger partial charge on any atom is -0.295 e. The van der Waals surface area contributed by atoms with Crippen LogP contribution in [0.15, 0.2) is 165 Å². The number of hydrogen-bond acceptors (Lipinski definition) is 8. The molecular weight excluding hydrogens is 1230 g/mol. The molecule has 0 spiro atoms. The molecule has 3 saturated carbocycles. The van der Waals surface area contributed by atoms with E-state index in [0.717, 1.165) is 136 Å². The van der Waals surface area contributed by atoms with E-state index in [1.807, 2.05) is 55.0 Å². The van der Waals surface area contributed by atoms with Gasteiger partial charge in [-0.15, -0.1) is 0 Å². The minimum atomic E-state index is -0.234. The maximum atomic E-state index is 13.8. The van der Waals surface area contributed by atoms with E-state index >= 15 is 0 Å². The molecule has 3 N–H and O–H groups in total. The third-order valence-corrected chi connectivity index (χ3v) is 21.0. The summed E-state index contributed by atoms with van der Waals surface area (Å²) in [6, 6.07) is 40.9. The summed E-state index contributed by atoms with van der Waals surface area (Å²) in [6.07, 6.45) is 17.6. The summed E-state index contributed by atoms with van der Waals surface area (Å²) in [5.41, 5.74) is 9.30. The average molecular weight is 1300 g/mol. The van der Waals surface area contributed by atoms with Crippen molar-refractivity contribution in [2.24, 2.45) is 17.8 Å². The first-order valence-corrected chi connectivity index (χ1v) is 32.7. The second-order valence-electron chi connectivity index (χ2n) is 25.5. The van der Waals surface area contributed by atoms with Gasteiger partial charge in [-0.2, -0.15) is 10.5 Å². The highest BCUT2D eigenvalue weighted by atomic mass is 79.9. The van der Waals surface area contributed by atoms with Crippen molar-refractivity contribution in [1.82, 2.24) is 44.3 Å². The molecule has 0 bridgehead atoms. The van der Waals surface area contributed by atoms with Crippen molar-refractivity contribution in [3.63, 3.8) is 0 Å². The first-order valence-electron chi connectivity index (χ1n) is 31.9. The summed E-state index contributed by atoms with van der Waals surface area (Å²) in [4.78, 5) is 51.9. The maximum Gasteiger partial charge on any atom is 0.274 e. The van der Waals surface area contributed by atoms with E-state index < -0.39 is 0 Å². The van der Waals surface area contributed by atoms with E-state index in [1.54, 1.807) is 86.8 Å². The van der Waals surface area contributed by atoms with Crippen LogP contribution in [-0.2, 0) is 0 Å². The predicted octanol–water partition coefficient (Wildman–Crippen LogP) is 17.2. The van der Waals surface area contributed by atoms with Gasteiger partial charge in [-0.05, 0) is 277 Å². The lowest BCUT2D eigenvalue weighted by molar-refractivity contribution is 0.233.